The molecule has 0 aliphatic carbocycles. The molecule has 2 rings (SSSR count). The van der Waals surface area contributed by atoms with E-state index in [1.165, 1.54) is 11.8 Å². The number of anilines is 2. The Balaban J connectivity index is 1.86. The fourth-order valence-corrected chi connectivity index (χ4v) is 3.21. The number of hydrogen-bond acceptors (Lipinski definition) is 3. The zero-order valence-corrected chi connectivity index (χ0v) is 16.5. The van der Waals surface area contributed by atoms with Crippen molar-refractivity contribution < 1.29 is 9.59 Å². The van der Waals surface area contributed by atoms with E-state index in [0.29, 0.717) is 11.4 Å². The molecular formula is C20H23ClN2O2S. The molecular weight excluding hydrogens is 368 g/mol. The lowest BCUT2D eigenvalue weighted by molar-refractivity contribution is -0.116. The first-order valence-electron chi connectivity index (χ1n) is 8.61. The van der Waals surface area contributed by atoms with Gasteiger partial charge in [0.2, 0.25) is 11.8 Å². The molecule has 1 unspecified atom stereocenters. The average molecular weight is 391 g/mol. The first kappa shape index (κ1) is 20.3. The summed E-state index contributed by atoms with van der Waals surface area (Å²) in [6.07, 6.45) is 2.42. The van der Waals surface area contributed by atoms with Crippen molar-refractivity contribution in [3.05, 3.63) is 53.6 Å². The van der Waals surface area contributed by atoms with Crippen molar-refractivity contribution in [2.45, 2.75) is 43.3 Å². The molecule has 0 radical (unpaired) electrons. The molecule has 0 aliphatic heterocycles. The highest BCUT2D eigenvalue weighted by Gasteiger charge is 2.14. The van der Waals surface area contributed by atoms with Crippen molar-refractivity contribution in [3.8, 4) is 0 Å². The van der Waals surface area contributed by atoms with E-state index in [4.69, 9.17) is 11.6 Å². The molecule has 0 fully saturated rings. The summed E-state index contributed by atoms with van der Waals surface area (Å²) in [7, 11) is 0. The number of nitrogens with one attached hydrogen (secondary N) is 2. The average Bonchev–Trinajstić information content (AvgIpc) is 2.63. The summed E-state index contributed by atoms with van der Waals surface area (Å²) >= 11 is 7.31. The van der Waals surface area contributed by atoms with Crippen LogP contribution in [0.4, 0.5) is 11.4 Å². The van der Waals surface area contributed by atoms with Crippen LogP contribution in [0.1, 0.15) is 33.1 Å². The monoisotopic (exact) mass is 390 g/mol. The lowest BCUT2D eigenvalue weighted by Crippen LogP contribution is -2.22. The van der Waals surface area contributed by atoms with E-state index in [2.05, 4.69) is 17.6 Å². The van der Waals surface area contributed by atoms with E-state index in [1.54, 1.807) is 24.3 Å². The minimum atomic E-state index is -0.254. The summed E-state index contributed by atoms with van der Waals surface area (Å²) in [6, 6.07) is 14.6. The number of amides is 2. The molecule has 0 heterocycles. The van der Waals surface area contributed by atoms with Crippen LogP contribution in [0.2, 0.25) is 5.02 Å². The topological polar surface area (TPSA) is 58.2 Å². The summed E-state index contributed by atoms with van der Waals surface area (Å²) in [5, 5.41) is 6.13. The third kappa shape index (κ3) is 6.73. The minimum Gasteiger partial charge on any atom is -0.326 e. The van der Waals surface area contributed by atoms with Gasteiger partial charge in [-0.25, -0.2) is 0 Å². The molecule has 0 saturated carbocycles. The summed E-state index contributed by atoms with van der Waals surface area (Å²) in [4.78, 5) is 25.0. The second-order valence-corrected chi connectivity index (χ2v) is 7.78. The third-order valence-electron chi connectivity index (χ3n) is 3.69. The van der Waals surface area contributed by atoms with Crippen LogP contribution in [0, 0.1) is 0 Å². The Kier molecular flexibility index (Phi) is 8.01. The van der Waals surface area contributed by atoms with E-state index < -0.39 is 0 Å². The SMILES string of the molecule is CCCCC(=O)Nc1ccc(SC(C)C(=O)Nc2ccc(Cl)cc2)cc1. The minimum absolute atomic E-state index is 0.0305. The van der Waals surface area contributed by atoms with E-state index in [1.807, 2.05) is 31.2 Å². The molecule has 26 heavy (non-hydrogen) atoms. The molecule has 2 amide bonds. The Hall–Kier alpha value is -1.98. The van der Waals surface area contributed by atoms with Crippen LogP contribution in [0.3, 0.4) is 0 Å². The number of unbranched alkanes of at least 4 members (excludes halogenated alkanes) is 1. The van der Waals surface area contributed by atoms with Crippen molar-refractivity contribution in [2.75, 3.05) is 10.6 Å². The molecule has 0 spiro atoms. The van der Waals surface area contributed by atoms with Gasteiger partial charge in [-0.15, -0.1) is 11.8 Å². The first-order valence-corrected chi connectivity index (χ1v) is 9.86. The highest BCUT2D eigenvalue weighted by molar-refractivity contribution is 8.00. The van der Waals surface area contributed by atoms with Gasteiger partial charge in [-0.2, -0.15) is 0 Å². The van der Waals surface area contributed by atoms with Gasteiger partial charge in [-0.1, -0.05) is 24.9 Å². The van der Waals surface area contributed by atoms with E-state index in [-0.39, 0.29) is 17.1 Å². The molecule has 2 N–H and O–H groups in total. The summed E-state index contributed by atoms with van der Waals surface area (Å²) < 4.78 is 0. The molecule has 138 valence electrons. The van der Waals surface area contributed by atoms with Crippen LogP contribution in [0.25, 0.3) is 0 Å². The molecule has 1 atom stereocenters. The van der Waals surface area contributed by atoms with Gasteiger partial charge in [0.05, 0.1) is 5.25 Å². The van der Waals surface area contributed by atoms with Crippen LogP contribution in [-0.4, -0.2) is 17.1 Å². The Morgan fingerprint density at radius 1 is 1.00 bits per heavy atom. The normalized spacial score (nSPS) is 11.7. The van der Waals surface area contributed by atoms with Gasteiger partial charge in [-0.3, -0.25) is 9.59 Å². The quantitative estimate of drug-likeness (QED) is 0.578. The predicted octanol–water partition coefficient (Wildman–Crippen LogP) is 5.59. The zero-order chi connectivity index (χ0) is 18.9. The molecule has 6 heteroatoms. The first-order chi connectivity index (χ1) is 12.5. The van der Waals surface area contributed by atoms with Gasteiger partial charge >= 0.3 is 0 Å². The lowest BCUT2D eigenvalue weighted by atomic mass is 10.2. The van der Waals surface area contributed by atoms with E-state index in [9.17, 15) is 9.59 Å². The number of hydrogen-bond donors (Lipinski definition) is 2. The fraction of sp³-hybridized carbons (Fsp3) is 0.300. The maximum Gasteiger partial charge on any atom is 0.237 e. The summed E-state index contributed by atoms with van der Waals surface area (Å²) in [5.74, 6) is -0.0442. The Morgan fingerprint density at radius 3 is 2.19 bits per heavy atom. The standard InChI is InChI=1S/C20H23ClN2O2S/c1-3-4-5-19(24)22-16-10-12-18(13-11-16)26-14(2)20(25)23-17-8-6-15(21)7-9-17/h6-14H,3-5H2,1-2H3,(H,22,24)(H,23,25). The Morgan fingerprint density at radius 2 is 1.58 bits per heavy atom. The van der Waals surface area contributed by atoms with Gasteiger partial charge in [-0.05, 0) is 61.9 Å². The van der Waals surface area contributed by atoms with Crippen molar-refractivity contribution in [1.82, 2.24) is 0 Å². The Labute approximate surface area is 163 Å². The van der Waals surface area contributed by atoms with Crippen molar-refractivity contribution in [3.63, 3.8) is 0 Å². The number of thioether (sulfide) groups is 1. The van der Waals surface area contributed by atoms with Crippen LogP contribution in [0.15, 0.2) is 53.4 Å². The van der Waals surface area contributed by atoms with Crippen molar-refractivity contribution in [2.24, 2.45) is 0 Å². The van der Waals surface area contributed by atoms with Crippen molar-refractivity contribution in [1.29, 1.82) is 0 Å². The number of benzene rings is 2. The van der Waals surface area contributed by atoms with Gasteiger partial charge in [0.1, 0.15) is 0 Å². The highest BCUT2D eigenvalue weighted by atomic mass is 35.5. The number of carbonyl (C=O) groups excluding carboxylic acids is 2. The highest BCUT2D eigenvalue weighted by Crippen LogP contribution is 2.26. The van der Waals surface area contributed by atoms with Crippen LogP contribution >= 0.6 is 23.4 Å². The number of rotatable bonds is 8. The molecule has 2 aromatic rings. The third-order valence-corrected chi connectivity index (χ3v) is 5.05. The number of carbonyl (C=O) groups is 2. The second-order valence-electron chi connectivity index (χ2n) is 5.93. The molecule has 4 nitrogen and oxygen atoms in total. The summed E-state index contributed by atoms with van der Waals surface area (Å²) in [5.41, 5.74) is 1.49. The fourth-order valence-electron chi connectivity index (χ4n) is 2.21. The number of halogens is 1. The lowest BCUT2D eigenvalue weighted by Gasteiger charge is -2.12. The van der Waals surface area contributed by atoms with Crippen molar-refractivity contribution >= 4 is 46.6 Å². The van der Waals surface area contributed by atoms with E-state index in [0.717, 1.165) is 29.1 Å². The molecule has 2 aromatic carbocycles. The van der Waals surface area contributed by atoms with Gasteiger partial charge in [0.15, 0.2) is 0 Å². The Bertz CT molecular complexity index is 732. The van der Waals surface area contributed by atoms with E-state index >= 15 is 0 Å². The van der Waals surface area contributed by atoms with Crippen LogP contribution in [-0.2, 0) is 9.59 Å². The maximum absolute atomic E-state index is 12.3. The van der Waals surface area contributed by atoms with Crippen LogP contribution in [0.5, 0.6) is 0 Å². The second kappa shape index (κ2) is 10.2. The van der Waals surface area contributed by atoms with Gasteiger partial charge in [0.25, 0.3) is 0 Å². The zero-order valence-electron chi connectivity index (χ0n) is 14.9. The predicted molar refractivity (Wildman–Crippen MR) is 110 cm³/mol. The molecule has 0 aromatic heterocycles. The van der Waals surface area contributed by atoms with Gasteiger partial charge < -0.3 is 10.6 Å². The smallest absolute Gasteiger partial charge is 0.237 e. The molecule has 0 aliphatic rings. The summed E-state index contributed by atoms with van der Waals surface area (Å²) in [6.45, 7) is 3.92. The molecule has 0 bridgehead atoms. The maximum atomic E-state index is 12.3. The van der Waals surface area contributed by atoms with Gasteiger partial charge in [0, 0.05) is 27.7 Å². The van der Waals surface area contributed by atoms with Crippen LogP contribution < -0.4 is 10.6 Å². The largest absolute Gasteiger partial charge is 0.326 e. The molecule has 0 saturated heterocycles.